The number of methoxy groups -OCH3 is 1. The summed E-state index contributed by atoms with van der Waals surface area (Å²) in [5.74, 6) is 0.198. The van der Waals surface area contributed by atoms with Crippen LogP contribution in [0.25, 0.3) is 0 Å². The van der Waals surface area contributed by atoms with Crippen molar-refractivity contribution < 1.29 is 9.53 Å². The fourth-order valence-electron chi connectivity index (χ4n) is 1.92. The fraction of sp³-hybridized carbons (Fsp3) is 0.133. The summed E-state index contributed by atoms with van der Waals surface area (Å²) >= 11 is 3.33. The van der Waals surface area contributed by atoms with Crippen molar-refractivity contribution in [1.29, 1.82) is 0 Å². The van der Waals surface area contributed by atoms with E-state index in [1.807, 2.05) is 24.3 Å². The van der Waals surface area contributed by atoms with Crippen LogP contribution in [0, 0.1) is 0 Å². The molecule has 0 aliphatic carbocycles. The van der Waals surface area contributed by atoms with Gasteiger partial charge in [0.2, 0.25) is 5.91 Å². The number of primary amides is 1. The number of carbonyl (C=O) groups excluding carboxylic acids is 1. The van der Waals surface area contributed by atoms with Crippen molar-refractivity contribution in [3.8, 4) is 5.75 Å². The summed E-state index contributed by atoms with van der Waals surface area (Å²) in [7, 11) is 1.58. The molecular formula is C15H16BrN3O2. The molecule has 0 aliphatic rings. The largest absolute Gasteiger partial charge is 0.495 e. The number of anilines is 2. The highest BCUT2D eigenvalue weighted by Crippen LogP contribution is 2.24. The van der Waals surface area contributed by atoms with Gasteiger partial charge in [-0.15, -0.1) is 0 Å². The van der Waals surface area contributed by atoms with Crippen molar-refractivity contribution in [3.63, 3.8) is 0 Å². The Labute approximate surface area is 131 Å². The van der Waals surface area contributed by atoms with Crippen LogP contribution in [0.1, 0.15) is 15.9 Å². The predicted molar refractivity (Wildman–Crippen MR) is 87.4 cm³/mol. The number of nitrogen functional groups attached to an aromatic ring is 1. The van der Waals surface area contributed by atoms with E-state index in [-0.39, 0.29) is 0 Å². The zero-order valence-corrected chi connectivity index (χ0v) is 13.1. The van der Waals surface area contributed by atoms with E-state index in [9.17, 15) is 4.79 Å². The van der Waals surface area contributed by atoms with E-state index in [0.29, 0.717) is 28.0 Å². The highest BCUT2D eigenvalue weighted by molar-refractivity contribution is 9.10. The Kier molecular flexibility index (Phi) is 4.70. The first-order chi connectivity index (χ1) is 10.0. The summed E-state index contributed by atoms with van der Waals surface area (Å²) in [6.45, 7) is 0.608. The van der Waals surface area contributed by atoms with Crippen LogP contribution in [0.2, 0.25) is 0 Å². The minimum Gasteiger partial charge on any atom is -0.495 e. The van der Waals surface area contributed by atoms with Crippen molar-refractivity contribution in [3.05, 3.63) is 52.0 Å². The molecule has 5 N–H and O–H groups in total. The third-order valence-electron chi connectivity index (χ3n) is 3.03. The van der Waals surface area contributed by atoms with E-state index in [1.165, 1.54) is 0 Å². The molecule has 2 aromatic carbocycles. The van der Waals surface area contributed by atoms with Gasteiger partial charge in [-0.2, -0.15) is 0 Å². The summed E-state index contributed by atoms with van der Waals surface area (Å²) in [5.41, 5.74) is 14.1. The van der Waals surface area contributed by atoms with Crippen LogP contribution in [0.5, 0.6) is 5.75 Å². The van der Waals surface area contributed by atoms with Gasteiger partial charge in [-0.05, 0) is 51.8 Å². The van der Waals surface area contributed by atoms with Crippen molar-refractivity contribution in [2.24, 2.45) is 5.73 Å². The summed E-state index contributed by atoms with van der Waals surface area (Å²) in [6.07, 6.45) is 0. The first-order valence-corrected chi connectivity index (χ1v) is 7.06. The van der Waals surface area contributed by atoms with Crippen molar-refractivity contribution in [2.75, 3.05) is 18.2 Å². The predicted octanol–water partition coefficient (Wildman–Crippen LogP) is 2.75. The van der Waals surface area contributed by atoms with Gasteiger partial charge in [-0.25, -0.2) is 0 Å². The number of rotatable bonds is 5. The van der Waals surface area contributed by atoms with Crippen molar-refractivity contribution in [1.82, 2.24) is 0 Å². The second-order valence-corrected chi connectivity index (χ2v) is 5.34. The fourth-order valence-corrected chi connectivity index (χ4v) is 2.50. The molecule has 0 fully saturated rings. The summed E-state index contributed by atoms with van der Waals surface area (Å²) in [6, 6.07) is 10.9. The summed E-state index contributed by atoms with van der Waals surface area (Å²) in [4.78, 5) is 11.2. The normalized spacial score (nSPS) is 10.2. The number of carbonyl (C=O) groups is 1. The number of nitrogens with one attached hydrogen (secondary N) is 1. The highest BCUT2D eigenvalue weighted by Gasteiger charge is 2.07. The number of halogens is 1. The molecule has 0 heterocycles. The molecule has 0 saturated heterocycles. The Balaban J connectivity index is 2.08. The average Bonchev–Trinajstić information content (AvgIpc) is 2.45. The molecule has 21 heavy (non-hydrogen) atoms. The lowest BCUT2D eigenvalue weighted by Crippen LogP contribution is -2.11. The molecule has 2 aromatic rings. The van der Waals surface area contributed by atoms with Crippen LogP contribution in [-0.4, -0.2) is 13.0 Å². The first-order valence-electron chi connectivity index (χ1n) is 6.27. The quantitative estimate of drug-likeness (QED) is 0.724. The number of benzene rings is 2. The number of hydrogen-bond donors (Lipinski definition) is 3. The Hall–Kier alpha value is -2.21. The minimum absolute atomic E-state index is 0.453. The van der Waals surface area contributed by atoms with Gasteiger partial charge in [0, 0.05) is 16.7 Å². The van der Waals surface area contributed by atoms with Crippen LogP contribution in [-0.2, 0) is 6.54 Å². The van der Waals surface area contributed by atoms with E-state index < -0.39 is 5.91 Å². The zero-order valence-electron chi connectivity index (χ0n) is 11.5. The third kappa shape index (κ3) is 3.66. The number of nitrogens with two attached hydrogens (primary N) is 2. The lowest BCUT2D eigenvalue weighted by atomic mass is 10.1. The van der Waals surface area contributed by atoms with Gasteiger partial charge in [-0.3, -0.25) is 4.79 Å². The van der Waals surface area contributed by atoms with Crippen LogP contribution >= 0.6 is 15.9 Å². The topological polar surface area (TPSA) is 90.4 Å². The van der Waals surface area contributed by atoms with E-state index >= 15 is 0 Å². The molecule has 0 aliphatic heterocycles. The maximum absolute atomic E-state index is 11.2. The third-order valence-corrected chi connectivity index (χ3v) is 3.68. The van der Waals surface area contributed by atoms with Crippen LogP contribution in [0.15, 0.2) is 40.9 Å². The van der Waals surface area contributed by atoms with Crippen LogP contribution in [0.4, 0.5) is 11.4 Å². The molecule has 0 bridgehead atoms. The van der Waals surface area contributed by atoms with E-state index in [0.717, 1.165) is 11.3 Å². The lowest BCUT2D eigenvalue weighted by molar-refractivity contribution is 0.0999. The van der Waals surface area contributed by atoms with Gasteiger partial charge in [-0.1, -0.05) is 6.07 Å². The molecule has 0 unspecified atom stereocenters. The molecule has 6 heteroatoms. The van der Waals surface area contributed by atoms with Crippen molar-refractivity contribution in [2.45, 2.75) is 6.54 Å². The van der Waals surface area contributed by atoms with E-state index in [2.05, 4.69) is 21.2 Å². The van der Waals surface area contributed by atoms with Gasteiger partial charge < -0.3 is 21.5 Å². The monoisotopic (exact) mass is 349 g/mol. The molecule has 5 nitrogen and oxygen atoms in total. The lowest BCUT2D eigenvalue weighted by Gasteiger charge is -2.10. The van der Waals surface area contributed by atoms with Gasteiger partial charge in [0.25, 0.3) is 0 Å². The molecule has 110 valence electrons. The molecule has 2 rings (SSSR count). The average molecular weight is 350 g/mol. The Bertz CT molecular complexity index is 674. The SMILES string of the molecule is COc1ccc(CNc2ccc(C(N)=O)c(Br)c2)cc1N. The number of amides is 1. The number of hydrogen-bond acceptors (Lipinski definition) is 4. The molecule has 0 spiro atoms. The van der Waals surface area contributed by atoms with Gasteiger partial charge in [0.1, 0.15) is 5.75 Å². The Morgan fingerprint density at radius 2 is 2.05 bits per heavy atom. The molecule has 1 amide bonds. The molecule has 0 aromatic heterocycles. The Morgan fingerprint density at radius 1 is 1.29 bits per heavy atom. The molecule has 0 atom stereocenters. The Morgan fingerprint density at radius 3 is 2.62 bits per heavy atom. The van der Waals surface area contributed by atoms with Gasteiger partial charge >= 0.3 is 0 Å². The minimum atomic E-state index is -0.462. The van der Waals surface area contributed by atoms with Crippen LogP contribution < -0.4 is 21.5 Å². The molecular weight excluding hydrogens is 334 g/mol. The highest BCUT2D eigenvalue weighted by atomic mass is 79.9. The van der Waals surface area contributed by atoms with Gasteiger partial charge in [0.15, 0.2) is 0 Å². The summed E-state index contributed by atoms with van der Waals surface area (Å²) < 4.78 is 5.78. The van der Waals surface area contributed by atoms with E-state index in [1.54, 1.807) is 19.2 Å². The molecule has 0 saturated carbocycles. The second kappa shape index (κ2) is 6.49. The summed E-state index contributed by atoms with van der Waals surface area (Å²) in [5, 5.41) is 3.25. The zero-order chi connectivity index (χ0) is 15.4. The number of ether oxygens (including phenoxy) is 1. The first kappa shape index (κ1) is 15.2. The van der Waals surface area contributed by atoms with Crippen molar-refractivity contribution >= 4 is 33.2 Å². The van der Waals surface area contributed by atoms with Gasteiger partial charge in [0.05, 0.1) is 18.4 Å². The standard InChI is InChI=1S/C15H16BrN3O2/c1-21-14-5-2-9(6-13(14)17)8-19-10-3-4-11(15(18)20)12(16)7-10/h2-7,19H,8,17H2,1H3,(H2,18,20). The van der Waals surface area contributed by atoms with Crippen LogP contribution in [0.3, 0.4) is 0 Å². The maximum atomic E-state index is 11.2. The van der Waals surface area contributed by atoms with E-state index in [4.69, 9.17) is 16.2 Å². The maximum Gasteiger partial charge on any atom is 0.249 e. The second-order valence-electron chi connectivity index (χ2n) is 4.49. The molecule has 0 radical (unpaired) electrons. The smallest absolute Gasteiger partial charge is 0.249 e.